The molecule has 2 heterocycles. The molecule has 0 saturated carbocycles. The van der Waals surface area contributed by atoms with E-state index in [0.717, 1.165) is 56.6 Å². The Labute approximate surface area is 193 Å². The lowest BCUT2D eigenvalue weighted by Crippen LogP contribution is -2.45. The maximum Gasteiger partial charge on any atom is 0.251 e. The third-order valence-electron chi connectivity index (χ3n) is 6.38. The van der Waals surface area contributed by atoms with Crippen LogP contribution in [0.1, 0.15) is 68.3 Å². The molecule has 7 nitrogen and oxygen atoms in total. The molecule has 1 amide bonds. The molecule has 0 radical (unpaired) electrons. The molecule has 2 unspecified atom stereocenters. The zero-order valence-electron chi connectivity index (χ0n) is 19.9. The van der Waals surface area contributed by atoms with Gasteiger partial charge >= 0.3 is 0 Å². The first-order valence-electron chi connectivity index (χ1n) is 12.4. The third-order valence-corrected chi connectivity index (χ3v) is 6.38. The van der Waals surface area contributed by atoms with Crippen molar-refractivity contribution in [2.24, 2.45) is 4.99 Å². The molecule has 0 bridgehead atoms. The fourth-order valence-electron chi connectivity index (χ4n) is 4.57. The molecule has 7 heteroatoms. The normalized spacial score (nSPS) is 22.0. The van der Waals surface area contributed by atoms with Crippen molar-refractivity contribution in [1.29, 1.82) is 0 Å². The van der Waals surface area contributed by atoms with Gasteiger partial charge < -0.3 is 20.7 Å². The minimum Gasteiger partial charge on any atom is -0.376 e. The Bertz CT molecular complexity index is 733. The lowest BCUT2D eigenvalue weighted by Gasteiger charge is -2.35. The number of aliphatic imine (C=N–C) groups is 1. The molecule has 2 aliphatic rings. The molecule has 0 spiro atoms. The lowest BCUT2D eigenvalue weighted by atomic mass is 10.0. The highest BCUT2D eigenvalue weighted by atomic mass is 16.5. The van der Waals surface area contributed by atoms with E-state index in [1.807, 2.05) is 24.3 Å². The van der Waals surface area contributed by atoms with E-state index in [2.05, 4.69) is 34.7 Å². The highest BCUT2D eigenvalue weighted by Gasteiger charge is 2.20. The Balaban J connectivity index is 1.49. The van der Waals surface area contributed by atoms with Crippen LogP contribution in [-0.2, 0) is 11.3 Å². The van der Waals surface area contributed by atoms with Crippen LogP contribution in [0.2, 0.25) is 0 Å². The Hall–Kier alpha value is -2.12. The standard InChI is InChI=1S/C25H41N5O2/c1-3-22-11-5-6-14-30(22)15-13-27-25(26-4-2)29-18-20-9-7-10-21(17-20)24(31)28-19-23-12-8-16-32-23/h7,9-10,17,22-23H,3-6,8,11-16,18-19H2,1-2H3,(H,28,31)(H2,26,27,29). The van der Waals surface area contributed by atoms with Gasteiger partial charge in [0.05, 0.1) is 12.6 Å². The number of piperidine rings is 1. The second-order valence-corrected chi connectivity index (χ2v) is 8.76. The lowest BCUT2D eigenvalue weighted by molar-refractivity contribution is 0.0857. The molecule has 2 fully saturated rings. The monoisotopic (exact) mass is 443 g/mol. The zero-order valence-corrected chi connectivity index (χ0v) is 19.9. The molecular weight excluding hydrogens is 402 g/mol. The topological polar surface area (TPSA) is 78.0 Å². The molecule has 1 aromatic rings. The van der Waals surface area contributed by atoms with Crippen molar-refractivity contribution in [2.45, 2.75) is 71.1 Å². The number of nitrogens with zero attached hydrogens (tertiary/aromatic N) is 2. The Morgan fingerprint density at radius 1 is 1.16 bits per heavy atom. The first-order valence-corrected chi connectivity index (χ1v) is 12.4. The van der Waals surface area contributed by atoms with Crippen LogP contribution < -0.4 is 16.0 Å². The molecule has 1 aromatic carbocycles. The van der Waals surface area contributed by atoms with Gasteiger partial charge in [0, 0.05) is 44.4 Å². The van der Waals surface area contributed by atoms with Crippen molar-refractivity contribution in [1.82, 2.24) is 20.9 Å². The van der Waals surface area contributed by atoms with Gasteiger partial charge in [0.15, 0.2) is 5.96 Å². The molecule has 3 rings (SSSR count). The number of guanidine groups is 1. The maximum atomic E-state index is 12.5. The number of amides is 1. The predicted molar refractivity (Wildman–Crippen MR) is 130 cm³/mol. The average molecular weight is 444 g/mol. The summed E-state index contributed by atoms with van der Waals surface area (Å²) in [6, 6.07) is 8.44. The number of hydrogen-bond acceptors (Lipinski definition) is 4. The van der Waals surface area contributed by atoms with E-state index in [4.69, 9.17) is 9.73 Å². The molecule has 2 aliphatic heterocycles. The molecule has 2 atom stereocenters. The number of likely N-dealkylation sites (tertiary alicyclic amines) is 1. The van der Waals surface area contributed by atoms with Crippen molar-refractivity contribution in [3.63, 3.8) is 0 Å². The fraction of sp³-hybridized carbons (Fsp3) is 0.680. The number of rotatable bonds is 10. The van der Waals surface area contributed by atoms with Gasteiger partial charge in [-0.15, -0.1) is 0 Å². The second kappa shape index (κ2) is 13.4. The van der Waals surface area contributed by atoms with E-state index >= 15 is 0 Å². The molecule has 0 aliphatic carbocycles. The van der Waals surface area contributed by atoms with Crippen molar-refractivity contribution in [3.05, 3.63) is 35.4 Å². The Kier molecular flexibility index (Phi) is 10.3. The smallest absolute Gasteiger partial charge is 0.251 e. The predicted octanol–water partition coefficient (Wildman–Crippen LogP) is 2.92. The second-order valence-electron chi connectivity index (χ2n) is 8.76. The van der Waals surface area contributed by atoms with Crippen molar-refractivity contribution >= 4 is 11.9 Å². The molecule has 32 heavy (non-hydrogen) atoms. The summed E-state index contributed by atoms with van der Waals surface area (Å²) in [5.74, 6) is 0.772. The molecule has 0 aromatic heterocycles. The van der Waals surface area contributed by atoms with Gasteiger partial charge in [-0.3, -0.25) is 9.69 Å². The van der Waals surface area contributed by atoms with Crippen LogP contribution in [0.5, 0.6) is 0 Å². The first kappa shape index (κ1) is 24.5. The number of benzene rings is 1. The van der Waals surface area contributed by atoms with Crippen LogP contribution in [-0.4, -0.2) is 68.2 Å². The van der Waals surface area contributed by atoms with Gasteiger partial charge in [-0.05, 0) is 63.3 Å². The number of carbonyl (C=O) groups excluding carboxylic acids is 1. The Morgan fingerprint density at radius 3 is 2.84 bits per heavy atom. The van der Waals surface area contributed by atoms with Gasteiger partial charge in [-0.1, -0.05) is 25.5 Å². The highest BCUT2D eigenvalue weighted by Crippen LogP contribution is 2.18. The Morgan fingerprint density at radius 2 is 2.06 bits per heavy atom. The van der Waals surface area contributed by atoms with Crippen molar-refractivity contribution in [2.75, 3.05) is 39.3 Å². The molecular formula is C25H41N5O2. The summed E-state index contributed by atoms with van der Waals surface area (Å²) < 4.78 is 5.58. The van der Waals surface area contributed by atoms with Gasteiger partial charge in [0.25, 0.3) is 5.91 Å². The molecule has 2 saturated heterocycles. The van der Waals surface area contributed by atoms with E-state index < -0.39 is 0 Å². The molecule has 3 N–H and O–H groups in total. The SMILES string of the molecule is CCNC(=NCc1cccc(C(=O)NCC2CCCO2)c1)NCCN1CCCCC1CC. The van der Waals surface area contributed by atoms with E-state index in [-0.39, 0.29) is 12.0 Å². The number of ether oxygens (including phenoxy) is 1. The fourth-order valence-corrected chi connectivity index (χ4v) is 4.57. The molecule has 178 valence electrons. The van der Waals surface area contributed by atoms with Crippen LogP contribution >= 0.6 is 0 Å². The van der Waals surface area contributed by atoms with Crippen LogP contribution in [0.4, 0.5) is 0 Å². The van der Waals surface area contributed by atoms with Crippen molar-refractivity contribution in [3.8, 4) is 0 Å². The van der Waals surface area contributed by atoms with Crippen LogP contribution in [0.15, 0.2) is 29.3 Å². The summed E-state index contributed by atoms with van der Waals surface area (Å²) in [5.41, 5.74) is 1.69. The highest BCUT2D eigenvalue weighted by molar-refractivity contribution is 5.94. The van der Waals surface area contributed by atoms with Gasteiger partial charge in [-0.2, -0.15) is 0 Å². The summed E-state index contributed by atoms with van der Waals surface area (Å²) in [7, 11) is 0. The minimum atomic E-state index is -0.0524. The van der Waals surface area contributed by atoms with Gasteiger partial charge in [0.1, 0.15) is 0 Å². The third kappa shape index (κ3) is 7.78. The summed E-state index contributed by atoms with van der Waals surface area (Å²) in [5, 5.41) is 9.80. The van der Waals surface area contributed by atoms with Crippen LogP contribution in [0.25, 0.3) is 0 Å². The number of hydrogen-bond donors (Lipinski definition) is 3. The van der Waals surface area contributed by atoms with Crippen LogP contribution in [0.3, 0.4) is 0 Å². The quantitative estimate of drug-likeness (QED) is 0.383. The summed E-state index contributed by atoms with van der Waals surface area (Å²) >= 11 is 0. The number of carbonyl (C=O) groups is 1. The van der Waals surface area contributed by atoms with E-state index in [1.165, 1.54) is 32.2 Å². The van der Waals surface area contributed by atoms with Crippen molar-refractivity contribution < 1.29 is 9.53 Å². The van der Waals surface area contributed by atoms with Crippen LogP contribution in [0, 0.1) is 0 Å². The first-order chi connectivity index (χ1) is 15.7. The van der Waals surface area contributed by atoms with E-state index in [9.17, 15) is 4.79 Å². The number of nitrogens with one attached hydrogen (secondary N) is 3. The van der Waals surface area contributed by atoms with E-state index in [1.54, 1.807) is 0 Å². The largest absolute Gasteiger partial charge is 0.376 e. The van der Waals surface area contributed by atoms with Gasteiger partial charge in [0.2, 0.25) is 0 Å². The minimum absolute atomic E-state index is 0.0524. The summed E-state index contributed by atoms with van der Waals surface area (Å²) in [6.07, 6.45) is 7.46. The summed E-state index contributed by atoms with van der Waals surface area (Å²) in [4.78, 5) is 19.9. The zero-order chi connectivity index (χ0) is 22.6. The van der Waals surface area contributed by atoms with Gasteiger partial charge in [-0.25, -0.2) is 4.99 Å². The summed E-state index contributed by atoms with van der Waals surface area (Å²) in [6.45, 7) is 10.2. The average Bonchev–Trinajstić information content (AvgIpc) is 3.35. The maximum absolute atomic E-state index is 12.5. The van der Waals surface area contributed by atoms with E-state index in [0.29, 0.717) is 18.7 Å².